The lowest BCUT2D eigenvalue weighted by Gasteiger charge is -2.10. The molecule has 0 saturated carbocycles. The predicted octanol–water partition coefficient (Wildman–Crippen LogP) is 6.76. The Labute approximate surface area is 212 Å². The number of halogens is 1. The highest BCUT2D eigenvalue weighted by Gasteiger charge is 2.26. The van der Waals surface area contributed by atoms with Gasteiger partial charge in [0, 0.05) is 21.3 Å². The maximum atomic E-state index is 12.7. The average molecular weight is 507 g/mol. The van der Waals surface area contributed by atoms with Crippen LogP contribution in [0.1, 0.15) is 51.4 Å². The lowest BCUT2D eigenvalue weighted by molar-refractivity contribution is -0.115. The molecule has 2 aliphatic rings. The summed E-state index contributed by atoms with van der Waals surface area (Å²) in [5, 5.41) is 15.0. The fourth-order valence-corrected chi connectivity index (χ4v) is 7.05. The van der Waals surface area contributed by atoms with Crippen LogP contribution in [0.5, 0.6) is 0 Å². The molecule has 1 fully saturated rings. The van der Waals surface area contributed by atoms with Gasteiger partial charge in [0.05, 0.1) is 16.2 Å². The molecule has 0 bridgehead atoms. The number of rotatable bonds is 3. The number of amidine groups is 1. The quantitative estimate of drug-likeness (QED) is 0.399. The van der Waals surface area contributed by atoms with Crippen LogP contribution >= 0.6 is 34.7 Å². The third kappa shape index (κ3) is 4.11. The number of thiophene rings is 1. The number of aromatic nitrogens is 1. The molecule has 8 heteroatoms. The van der Waals surface area contributed by atoms with E-state index in [1.165, 1.54) is 28.6 Å². The summed E-state index contributed by atoms with van der Waals surface area (Å²) in [6, 6.07) is 10.0. The zero-order valence-corrected chi connectivity index (χ0v) is 21.5. The van der Waals surface area contributed by atoms with E-state index in [4.69, 9.17) is 11.6 Å². The standard InChI is InChI=1S/C26H23ClN4OS2/c1-14-10-18(27)8-9-21(14)29-26-30-24(32)23(34-26)12-17-11-15(2)31(16(17)3)25-20(13-28)19-6-4-5-7-22(19)33-25/h8-12H,4-7H2,1-3H3,(H,29,30,32)/b23-12-. The van der Waals surface area contributed by atoms with Gasteiger partial charge < -0.3 is 9.88 Å². The number of carbonyl (C=O) groups is 1. The molecule has 0 radical (unpaired) electrons. The maximum absolute atomic E-state index is 12.7. The Morgan fingerprint density at radius 3 is 2.76 bits per heavy atom. The Morgan fingerprint density at radius 2 is 2.00 bits per heavy atom. The van der Waals surface area contributed by atoms with Crippen LogP contribution in [-0.4, -0.2) is 15.6 Å². The molecule has 34 heavy (non-hydrogen) atoms. The van der Waals surface area contributed by atoms with Crippen LogP contribution in [0.25, 0.3) is 11.1 Å². The van der Waals surface area contributed by atoms with Crippen molar-refractivity contribution in [1.82, 2.24) is 9.88 Å². The Morgan fingerprint density at radius 1 is 1.21 bits per heavy atom. The van der Waals surface area contributed by atoms with E-state index in [-0.39, 0.29) is 5.91 Å². The lowest BCUT2D eigenvalue weighted by atomic mass is 9.96. The minimum atomic E-state index is -0.163. The number of hydrogen-bond donors (Lipinski definition) is 1. The van der Waals surface area contributed by atoms with Gasteiger partial charge >= 0.3 is 0 Å². The molecule has 1 aliphatic carbocycles. The van der Waals surface area contributed by atoms with Gasteiger partial charge in [-0.25, -0.2) is 4.99 Å². The number of hydrogen-bond acceptors (Lipinski definition) is 5. The maximum Gasteiger partial charge on any atom is 0.264 e. The van der Waals surface area contributed by atoms with Crippen molar-refractivity contribution in [3.8, 4) is 11.1 Å². The van der Waals surface area contributed by atoms with Crippen LogP contribution < -0.4 is 5.32 Å². The van der Waals surface area contributed by atoms with E-state index in [0.717, 1.165) is 58.0 Å². The third-order valence-electron chi connectivity index (χ3n) is 6.26. The third-order valence-corrected chi connectivity index (χ3v) is 8.68. The molecule has 1 N–H and O–H groups in total. The minimum Gasteiger partial charge on any atom is -0.308 e. The molecule has 5 nitrogen and oxygen atoms in total. The van der Waals surface area contributed by atoms with Crippen LogP contribution in [0.2, 0.25) is 5.02 Å². The van der Waals surface area contributed by atoms with Crippen molar-refractivity contribution in [2.45, 2.75) is 46.5 Å². The smallest absolute Gasteiger partial charge is 0.264 e. The molecule has 1 saturated heterocycles. The molecule has 1 aromatic carbocycles. The first-order valence-electron chi connectivity index (χ1n) is 11.2. The van der Waals surface area contributed by atoms with Gasteiger partial charge in [-0.3, -0.25) is 4.79 Å². The van der Waals surface area contributed by atoms with Crippen LogP contribution in [0.4, 0.5) is 5.69 Å². The second kappa shape index (κ2) is 9.10. The topological polar surface area (TPSA) is 70.2 Å². The van der Waals surface area contributed by atoms with Crippen LogP contribution in [0.3, 0.4) is 0 Å². The van der Waals surface area contributed by atoms with Gasteiger partial charge in [0.25, 0.3) is 5.91 Å². The fourth-order valence-electron chi connectivity index (χ4n) is 4.55. The van der Waals surface area contributed by atoms with E-state index >= 15 is 0 Å². The van der Waals surface area contributed by atoms with Crippen molar-refractivity contribution in [2.24, 2.45) is 4.99 Å². The van der Waals surface area contributed by atoms with E-state index in [9.17, 15) is 10.1 Å². The highest BCUT2D eigenvalue weighted by Crippen LogP contribution is 2.39. The van der Waals surface area contributed by atoms with Gasteiger partial charge in [-0.05, 0) is 105 Å². The molecule has 1 aliphatic heterocycles. The summed E-state index contributed by atoms with van der Waals surface area (Å²) >= 11 is 9.11. The first-order valence-corrected chi connectivity index (χ1v) is 13.2. The van der Waals surface area contributed by atoms with Gasteiger partial charge in [-0.1, -0.05) is 11.6 Å². The van der Waals surface area contributed by atoms with Crippen molar-refractivity contribution in [3.63, 3.8) is 0 Å². The highest BCUT2D eigenvalue weighted by molar-refractivity contribution is 8.18. The number of fused-ring (bicyclic) bond motifs is 1. The molecular weight excluding hydrogens is 484 g/mol. The van der Waals surface area contributed by atoms with Crippen molar-refractivity contribution < 1.29 is 4.79 Å². The number of thioether (sulfide) groups is 1. The Bertz CT molecular complexity index is 1440. The number of benzene rings is 1. The van der Waals surface area contributed by atoms with Crippen molar-refractivity contribution in [1.29, 1.82) is 5.26 Å². The summed E-state index contributed by atoms with van der Waals surface area (Å²) < 4.78 is 2.16. The molecule has 0 spiro atoms. The van der Waals surface area contributed by atoms with E-state index < -0.39 is 0 Å². The second-order valence-electron chi connectivity index (χ2n) is 8.58. The summed E-state index contributed by atoms with van der Waals surface area (Å²) in [7, 11) is 0. The van der Waals surface area contributed by atoms with Crippen LogP contribution in [0, 0.1) is 32.1 Å². The van der Waals surface area contributed by atoms with Crippen molar-refractivity contribution in [3.05, 3.63) is 72.7 Å². The van der Waals surface area contributed by atoms with Gasteiger partial charge in [-0.2, -0.15) is 5.26 Å². The Hall–Kier alpha value is -2.79. The summed E-state index contributed by atoms with van der Waals surface area (Å²) in [4.78, 5) is 19.2. The van der Waals surface area contributed by atoms with E-state index in [1.807, 2.05) is 39.0 Å². The molecule has 3 heterocycles. The zero-order chi connectivity index (χ0) is 24.0. The van der Waals surface area contributed by atoms with Crippen LogP contribution in [-0.2, 0) is 17.6 Å². The fraction of sp³-hybridized carbons (Fsp3) is 0.269. The molecule has 5 rings (SSSR count). The number of aryl methyl sites for hydroxylation is 3. The number of nitrogens with one attached hydrogen (secondary N) is 1. The van der Waals surface area contributed by atoms with Gasteiger partial charge in [0.2, 0.25) is 0 Å². The first-order chi connectivity index (χ1) is 16.4. The van der Waals surface area contributed by atoms with E-state index in [1.54, 1.807) is 17.4 Å². The summed E-state index contributed by atoms with van der Waals surface area (Å²) in [5.41, 5.74) is 6.79. The average Bonchev–Trinajstić information content (AvgIpc) is 3.43. The number of carbonyl (C=O) groups excluding carboxylic acids is 1. The molecule has 2 aromatic heterocycles. The monoisotopic (exact) mass is 506 g/mol. The van der Waals surface area contributed by atoms with E-state index in [0.29, 0.717) is 15.1 Å². The van der Waals surface area contributed by atoms with Crippen molar-refractivity contribution >= 4 is 57.5 Å². The number of aliphatic imine (C=N–C) groups is 1. The number of nitrogens with zero attached hydrogens (tertiary/aromatic N) is 3. The lowest BCUT2D eigenvalue weighted by Crippen LogP contribution is -2.19. The van der Waals surface area contributed by atoms with Gasteiger partial charge in [0.1, 0.15) is 11.1 Å². The predicted molar refractivity (Wildman–Crippen MR) is 141 cm³/mol. The van der Waals surface area contributed by atoms with Crippen molar-refractivity contribution in [2.75, 3.05) is 0 Å². The highest BCUT2D eigenvalue weighted by atomic mass is 35.5. The normalized spacial score (nSPS) is 17.8. The second-order valence-corrected chi connectivity index (χ2v) is 11.1. The van der Waals surface area contributed by atoms with Crippen LogP contribution in [0.15, 0.2) is 34.2 Å². The molecule has 0 atom stereocenters. The van der Waals surface area contributed by atoms with E-state index in [2.05, 4.69) is 27.0 Å². The minimum absolute atomic E-state index is 0.163. The zero-order valence-electron chi connectivity index (χ0n) is 19.2. The summed E-state index contributed by atoms with van der Waals surface area (Å²) in [5.74, 6) is -0.163. The largest absolute Gasteiger partial charge is 0.308 e. The Kier molecular flexibility index (Phi) is 6.15. The first kappa shape index (κ1) is 23.0. The van der Waals surface area contributed by atoms with Gasteiger partial charge in [-0.15, -0.1) is 11.3 Å². The molecule has 172 valence electrons. The number of amides is 1. The summed E-state index contributed by atoms with van der Waals surface area (Å²) in [6.45, 7) is 6.03. The number of nitriles is 1. The molecule has 0 unspecified atom stereocenters. The summed E-state index contributed by atoms with van der Waals surface area (Å²) in [6.07, 6.45) is 6.28. The molecule has 1 amide bonds. The Balaban J connectivity index is 1.49. The molecule has 3 aromatic rings. The van der Waals surface area contributed by atoms with Gasteiger partial charge in [0.15, 0.2) is 5.17 Å². The SMILES string of the molecule is Cc1cc(Cl)ccc1N=C1NC(=O)/C(=C/c2cc(C)n(-c3sc4c(c3C#N)CCCC4)c2C)S1. The molecular formula is C26H23ClN4OS2.